The fraction of sp³-hybridized carbons (Fsp3) is 0.115. The van der Waals surface area contributed by atoms with Crippen molar-refractivity contribution in [3.05, 3.63) is 100 Å². The average Bonchev–Trinajstić information content (AvgIpc) is 3.07. The van der Waals surface area contributed by atoms with Gasteiger partial charge < -0.3 is 10.1 Å². The summed E-state index contributed by atoms with van der Waals surface area (Å²) in [6.07, 6.45) is 1.56. The topological polar surface area (TPSA) is 75.7 Å². The summed E-state index contributed by atoms with van der Waals surface area (Å²) in [5.41, 5.74) is 2.89. The van der Waals surface area contributed by atoms with Crippen LogP contribution in [0.1, 0.15) is 16.7 Å². The van der Waals surface area contributed by atoms with Crippen molar-refractivity contribution in [1.29, 1.82) is 0 Å². The van der Waals surface area contributed by atoms with Crippen molar-refractivity contribution in [1.82, 2.24) is 4.90 Å². The number of para-hydroxylation sites is 1. The molecule has 8 heteroatoms. The quantitative estimate of drug-likeness (QED) is 0.463. The zero-order valence-electron chi connectivity index (χ0n) is 18.3. The molecule has 0 radical (unpaired) electrons. The number of anilines is 1. The maximum Gasteiger partial charge on any atom is 0.294 e. The van der Waals surface area contributed by atoms with E-state index in [4.69, 9.17) is 4.74 Å². The Labute approximate surface area is 200 Å². The second-order valence-electron chi connectivity index (χ2n) is 7.64. The number of nitrogens with zero attached hydrogens (tertiary/aromatic N) is 1. The van der Waals surface area contributed by atoms with Crippen LogP contribution in [0.4, 0.5) is 14.9 Å². The summed E-state index contributed by atoms with van der Waals surface area (Å²) < 4.78 is 19.2. The van der Waals surface area contributed by atoms with Crippen LogP contribution in [0.2, 0.25) is 0 Å². The molecule has 1 saturated heterocycles. The smallest absolute Gasteiger partial charge is 0.294 e. The Morgan fingerprint density at radius 1 is 1.06 bits per heavy atom. The van der Waals surface area contributed by atoms with Crippen LogP contribution in [0.5, 0.6) is 5.75 Å². The Morgan fingerprint density at radius 3 is 2.59 bits per heavy atom. The number of carbonyl (C=O) groups is 3. The third kappa shape index (κ3) is 5.71. The van der Waals surface area contributed by atoms with Crippen LogP contribution in [0.25, 0.3) is 6.08 Å². The van der Waals surface area contributed by atoms with Crippen molar-refractivity contribution < 1.29 is 23.5 Å². The van der Waals surface area contributed by atoms with Crippen LogP contribution in [0.15, 0.2) is 77.7 Å². The number of imide groups is 1. The first-order valence-corrected chi connectivity index (χ1v) is 11.3. The second kappa shape index (κ2) is 10.4. The molecule has 1 fully saturated rings. The highest BCUT2D eigenvalue weighted by molar-refractivity contribution is 8.18. The number of nitrogens with one attached hydrogen (secondary N) is 1. The number of halogens is 1. The van der Waals surface area contributed by atoms with Crippen LogP contribution < -0.4 is 10.1 Å². The van der Waals surface area contributed by atoms with Crippen LogP contribution in [0.3, 0.4) is 0 Å². The van der Waals surface area contributed by atoms with E-state index in [-0.39, 0.29) is 23.9 Å². The van der Waals surface area contributed by atoms with Crippen LogP contribution in [-0.4, -0.2) is 28.5 Å². The van der Waals surface area contributed by atoms with E-state index in [0.717, 1.165) is 22.2 Å². The highest BCUT2D eigenvalue weighted by Gasteiger charge is 2.36. The molecule has 34 heavy (non-hydrogen) atoms. The van der Waals surface area contributed by atoms with Gasteiger partial charge in [-0.05, 0) is 60.7 Å². The molecule has 1 aliphatic rings. The molecule has 3 aromatic carbocycles. The third-order valence-electron chi connectivity index (χ3n) is 5.00. The summed E-state index contributed by atoms with van der Waals surface area (Å²) in [7, 11) is 0. The van der Waals surface area contributed by atoms with Crippen LogP contribution in [-0.2, 0) is 16.2 Å². The van der Waals surface area contributed by atoms with E-state index >= 15 is 0 Å². The molecule has 3 aromatic rings. The Morgan fingerprint density at radius 2 is 1.82 bits per heavy atom. The van der Waals surface area contributed by atoms with E-state index in [1.807, 2.05) is 19.1 Å². The second-order valence-corrected chi connectivity index (χ2v) is 8.63. The van der Waals surface area contributed by atoms with Crippen molar-refractivity contribution >= 4 is 40.6 Å². The Kier molecular flexibility index (Phi) is 7.08. The average molecular weight is 477 g/mol. The predicted molar refractivity (Wildman–Crippen MR) is 130 cm³/mol. The lowest BCUT2D eigenvalue weighted by Crippen LogP contribution is -2.36. The number of aryl methyl sites for hydroxylation is 1. The number of carbonyl (C=O) groups excluding carboxylic acids is 3. The first-order valence-electron chi connectivity index (χ1n) is 10.5. The monoisotopic (exact) mass is 476 g/mol. The molecule has 4 rings (SSSR count). The van der Waals surface area contributed by atoms with Gasteiger partial charge in [-0.15, -0.1) is 0 Å². The van der Waals surface area contributed by atoms with E-state index in [1.54, 1.807) is 54.6 Å². The first-order chi connectivity index (χ1) is 16.4. The molecule has 0 aromatic heterocycles. The number of hydrogen-bond donors (Lipinski definition) is 1. The van der Waals surface area contributed by atoms with Gasteiger partial charge in [0.2, 0.25) is 5.91 Å². The van der Waals surface area contributed by atoms with Crippen LogP contribution >= 0.6 is 11.8 Å². The summed E-state index contributed by atoms with van der Waals surface area (Å²) in [5, 5.41) is 2.17. The van der Waals surface area contributed by atoms with Crippen molar-refractivity contribution in [3.8, 4) is 5.75 Å². The molecule has 0 saturated carbocycles. The Bertz CT molecular complexity index is 1270. The van der Waals surface area contributed by atoms with E-state index in [2.05, 4.69) is 5.32 Å². The molecule has 0 atom stereocenters. The summed E-state index contributed by atoms with van der Waals surface area (Å²) in [5.74, 6) is -0.884. The van der Waals surface area contributed by atoms with Gasteiger partial charge in [-0.1, -0.05) is 48.0 Å². The summed E-state index contributed by atoms with van der Waals surface area (Å²) in [4.78, 5) is 38.7. The molecule has 1 N–H and O–H groups in total. The van der Waals surface area contributed by atoms with E-state index in [9.17, 15) is 18.8 Å². The summed E-state index contributed by atoms with van der Waals surface area (Å²) in [6, 6.07) is 20.3. The molecule has 0 unspecified atom stereocenters. The van der Waals surface area contributed by atoms with Gasteiger partial charge in [0, 0.05) is 11.3 Å². The number of hydrogen-bond acceptors (Lipinski definition) is 5. The van der Waals surface area contributed by atoms with Gasteiger partial charge in [0.25, 0.3) is 11.1 Å². The van der Waals surface area contributed by atoms with Gasteiger partial charge in [0.1, 0.15) is 24.7 Å². The van der Waals surface area contributed by atoms with E-state index in [0.29, 0.717) is 22.6 Å². The van der Waals surface area contributed by atoms with Gasteiger partial charge in [-0.3, -0.25) is 19.3 Å². The Hall–Kier alpha value is -3.91. The van der Waals surface area contributed by atoms with E-state index < -0.39 is 17.1 Å². The number of thioether (sulfide) groups is 1. The molecule has 0 bridgehead atoms. The fourth-order valence-electron chi connectivity index (χ4n) is 3.28. The first kappa shape index (κ1) is 23.3. The van der Waals surface area contributed by atoms with Crippen LogP contribution in [0, 0.1) is 12.7 Å². The van der Waals surface area contributed by atoms with Gasteiger partial charge in [0.05, 0.1) is 4.91 Å². The fourth-order valence-corrected chi connectivity index (χ4v) is 4.11. The standard InChI is InChI=1S/C26H21FN2O4S/c1-17-9-11-21(12-10-17)28-24(30)15-29-25(31)23(34-26(29)32)14-19-6-2-3-8-22(19)33-16-18-5-4-7-20(27)13-18/h2-14H,15-16H2,1H3,(H,28,30). The van der Waals surface area contributed by atoms with Crippen molar-refractivity contribution in [2.75, 3.05) is 11.9 Å². The molecular formula is C26H21FN2O4S. The lowest BCUT2D eigenvalue weighted by atomic mass is 10.1. The lowest BCUT2D eigenvalue weighted by molar-refractivity contribution is -0.127. The van der Waals surface area contributed by atoms with E-state index in [1.165, 1.54) is 12.1 Å². The predicted octanol–water partition coefficient (Wildman–Crippen LogP) is 5.39. The normalized spacial score (nSPS) is 14.5. The summed E-state index contributed by atoms with van der Waals surface area (Å²) >= 11 is 0.765. The van der Waals surface area contributed by atoms with Crippen molar-refractivity contribution in [3.63, 3.8) is 0 Å². The maximum atomic E-state index is 13.4. The highest BCUT2D eigenvalue weighted by Crippen LogP contribution is 2.34. The number of benzene rings is 3. The number of rotatable bonds is 7. The van der Waals surface area contributed by atoms with Crippen molar-refractivity contribution in [2.24, 2.45) is 0 Å². The molecular weight excluding hydrogens is 455 g/mol. The van der Waals surface area contributed by atoms with Gasteiger partial charge in [0.15, 0.2) is 0 Å². The number of ether oxygens (including phenoxy) is 1. The molecule has 1 aliphatic heterocycles. The third-order valence-corrected chi connectivity index (χ3v) is 5.91. The molecule has 172 valence electrons. The van der Waals surface area contributed by atoms with Gasteiger partial charge >= 0.3 is 0 Å². The van der Waals surface area contributed by atoms with Crippen molar-refractivity contribution in [2.45, 2.75) is 13.5 Å². The minimum absolute atomic E-state index is 0.142. The zero-order valence-corrected chi connectivity index (χ0v) is 19.1. The highest BCUT2D eigenvalue weighted by atomic mass is 32.2. The molecule has 6 nitrogen and oxygen atoms in total. The SMILES string of the molecule is Cc1ccc(NC(=O)CN2C(=O)SC(=Cc3ccccc3OCc3cccc(F)c3)C2=O)cc1. The molecule has 0 spiro atoms. The largest absolute Gasteiger partial charge is 0.488 e. The Balaban J connectivity index is 1.44. The molecule has 0 aliphatic carbocycles. The van der Waals surface area contributed by atoms with Gasteiger partial charge in [-0.25, -0.2) is 4.39 Å². The summed E-state index contributed by atoms with van der Waals surface area (Å²) in [6.45, 7) is 1.69. The lowest BCUT2D eigenvalue weighted by Gasteiger charge is -2.12. The zero-order chi connectivity index (χ0) is 24.1. The van der Waals surface area contributed by atoms with Gasteiger partial charge in [-0.2, -0.15) is 0 Å². The molecule has 1 heterocycles. The minimum Gasteiger partial charge on any atom is -0.488 e. The minimum atomic E-state index is -0.547. The molecule has 3 amide bonds. The number of amides is 3. The maximum absolute atomic E-state index is 13.4.